The zero-order valence-corrected chi connectivity index (χ0v) is 9.54. The highest BCUT2D eigenvalue weighted by Crippen LogP contribution is 2.27. The fourth-order valence-corrected chi connectivity index (χ4v) is 2.31. The number of hydrogen-bond donors (Lipinski definition) is 2. The van der Waals surface area contributed by atoms with E-state index < -0.39 is 0 Å². The highest BCUT2D eigenvalue weighted by Gasteiger charge is 2.17. The molecule has 0 aliphatic heterocycles. The van der Waals surface area contributed by atoms with Gasteiger partial charge < -0.3 is 10.3 Å². The Hall–Kier alpha value is -1.32. The molecular formula is C12H19N3O. The molecule has 0 radical (unpaired) electrons. The maximum Gasteiger partial charge on any atom is 0.220 e. The summed E-state index contributed by atoms with van der Waals surface area (Å²) in [7, 11) is 0. The minimum absolute atomic E-state index is 0.200. The van der Waals surface area contributed by atoms with E-state index >= 15 is 0 Å². The van der Waals surface area contributed by atoms with Gasteiger partial charge in [-0.3, -0.25) is 4.79 Å². The van der Waals surface area contributed by atoms with Gasteiger partial charge in [-0.1, -0.05) is 12.8 Å². The van der Waals surface area contributed by atoms with Crippen molar-refractivity contribution < 1.29 is 4.79 Å². The summed E-state index contributed by atoms with van der Waals surface area (Å²) in [6.45, 7) is 0.702. The van der Waals surface area contributed by atoms with Gasteiger partial charge in [-0.15, -0.1) is 0 Å². The molecule has 1 aromatic rings. The molecule has 1 fully saturated rings. The third kappa shape index (κ3) is 3.36. The van der Waals surface area contributed by atoms with Gasteiger partial charge >= 0.3 is 0 Å². The summed E-state index contributed by atoms with van der Waals surface area (Å²) in [5, 5.41) is 2.96. The Morgan fingerprint density at radius 2 is 2.31 bits per heavy atom. The lowest BCUT2D eigenvalue weighted by atomic mass is 10.0. The number of carbonyl (C=O) groups excluding carboxylic acids is 1. The van der Waals surface area contributed by atoms with E-state index in [9.17, 15) is 4.79 Å². The van der Waals surface area contributed by atoms with Gasteiger partial charge in [0.05, 0.1) is 6.33 Å². The van der Waals surface area contributed by atoms with E-state index in [-0.39, 0.29) is 5.91 Å². The number of nitrogens with zero attached hydrogens (tertiary/aromatic N) is 1. The largest absolute Gasteiger partial charge is 0.356 e. The summed E-state index contributed by atoms with van der Waals surface area (Å²) in [4.78, 5) is 18.5. The SMILES string of the molecule is O=C(CC1CCCC1)NCCc1cnc[nH]1. The van der Waals surface area contributed by atoms with E-state index in [1.807, 2.05) is 0 Å². The molecule has 88 valence electrons. The second kappa shape index (κ2) is 5.68. The Labute approximate surface area is 95.9 Å². The Bertz CT molecular complexity index is 315. The molecular weight excluding hydrogens is 202 g/mol. The number of hydrogen-bond acceptors (Lipinski definition) is 2. The summed E-state index contributed by atoms with van der Waals surface area (Å²) in [5.41, 5.74) is 1.07. The van der Waals surface area contributed by atoms with Gasteiger partial charge in [-0.25, -0.2) is 4.98 Å². The van der Waals surface area contributed by atoms with Crippen LogP contribution in [0, 0.1) is 5.92 Å². The molecule has 1 heterocycles. The van der Waals surface area contributed by atoms with E-state index in [1.165, 1.54) is 25.7 Å². The third-order valence-corrected chi connectivity index (χ3v) is 3.22. The van der Waals surface area contributed by atoms with E-state index in [0.29, 0.717) is 18.9 Å². The molecule has 1 saturated carbocycles. The van der Waals surface area contributed by atoms with Crippen molar-refractivity contribution in [2.24, 2.45) is 5.92 Å². The van der Waals surface area contributed by atoms with Crippen LogP contribution in [-0.4, -0.2) is 22.4 Å². The quantitative estimate of drug-likeness (QED) is 0.794. The Morgan fingerprint density at radius 3 is 3.00 bits per heavy atom. The van der Waals surface area contributed by atoms with Crippen LogP contribution in [0.2, 0.25) is 0 Å². The lowest BCUT2D eigenvalue weighted by Gasteiger charge is -2.08. The van der Waals surface area contributed by atoms with Gasteiger partial charge in [0.25, 0.3) is 0 Å². The van der Waals surface area contributed by atoms with Crippen molar-refractivity contribution in [3.63, 3.8) is 0 Å². The van der Waals surface area contributed by atoms with Crippen molar-refractivity contribution in [2.75, 3.05) is 6.54 Å². The minimum atomic E-state index is 0.200. The Balaban J connectivity index is 1.60. The highest BCUT2D eigenvalue weighted by molar-refractivity contribution is 5.76. The number of aromatic nitrogens is 2. The summed E-state index contributed by atoms with van der Waals surface area (Å²) >= 11 is 0. The molecule has 0 spiro atoms. The molecule has 1 aliphatic carbocycles. The number of imidazole rings is 1. The van der Waals surface area contributed by atoms with Crippen molar-refractivity contribution in [3.05, 3.63) is 18.2 Å². The first kappa shape index (κ1) is 11.2. The average molecular weight is 221 g/mol. The highest BCUT2D eigenvalue weighted by atomic mass is 16.1. The second-order valence-electron chi connectivity index (χ2n) is 4.53. The first-order valence-electron chi connectivity index (χ1n) is 6.08. The van der Waals surface area contributed by atoms with E-state index in [2.05, 4.69) is 15.3 Å². The molecule has 1 aromatic heterocycles. The number of H-pyrrole nitrogens is 1. The van der Waals surface area contributed by atoms with Crippen LogP contribution in [0.3, 0.4) is 0 Å². The van der Waals surface area contributed by atoms with Crippen LogP contribution in [0.15, 0.2) is 12.5 Å². The summed E-state index contributed by atoms with van der Waals surface area (Å²) in [6.07, 6.45) is 10.1. The van der Waals surface area contributed by atoms with Crippen molar-refractivity contribution in [3.8, 4) is 0 Å². The normalized spacial score (nSPS) is 16.5. The molecule has 2 N–H and O–H groups in total. The van der Waals surface area contributed by atoms with Crippen LogP contribution in [-0.2, 0) is 11.2 Å². The lowest BCUT2D eigenvalue weighted by molar-refractivity contribution is -0.121. The number of amides is 1. The number of aromatic amines is 1. The monoisotopic (exact) mass is 221 g/mol. The minimum Gasteiger partial charge on any atom is -0.356 e. The molecule has 16 heavy (non-hydrogen) atoms. The number of nitrogens with one attached hydrogen (secondary N) is 2. The fourth-order valence-electron chi connectivity index (χ4n) is 2.31. The molecule has 0 saturated heterocycles. The van der Waals surface area contributed by atoms with Gasteiger partial charge in [0.15, 0.2) is 0 Å². The van der Waals surface area contributed by atoms with Crippen LogP contribution in [0.5, 0.6) is 0 Å². The number of rotatable bonds is 5. The van der Waals surface area contributed by atoms with Crippen LogP contribution in [0.4, 0.5) is 0 Å². The topological polar surface area (TPSA) is 57.8 Å². The van der Waals surface area contributed by atoms with Crippen molar-refractivity contribution in [1.82, 2.24) is 15.3 Å². The van der Waals surface area contributed by atoms with Gasteiger partial charge in [-0.2, -0.15) is 0 Å². The van der Waals surface area contributed by atoms with E-state index in [1.54, 1.807) is 12.5 Å². The van der Waals surface area contributed by atoms with Crippen LogP contribution >= 0.6 is 0 Å². The maximum atomic E-state index is 11.6. The predicted octanol–water partition coefficient (Wildman–Crippen LogP) is 1.65. The van der Waals surface area contributed by atoms with Gasteiger partial charge in [-0.05, 0) is 18.8 Å². The molecule has 0 atom stereocenters. The van der Waals surface area contributed by atoms with Crippen molar-refractivity contribution >= 4 is 5.91 Å². The zero-order valence-electron chi connectivity index (χ0n) is 9.54. The second-order valence-corrected chi connectivity index (χ2v) is 4.53. The smallest absolute Gasteiger partial charge is 0.220 e. The number of carbonyl (C=O) groups is 1. The van der Waals surface area contributed by atoms with E-state index in [0.717, 1.165) is 12.1 Å². The van der Waals surface area contributed by atoms with Crippen molar-refractivity contribution in [2.45, 2.75) is 38.5 Å². The van der Waals surface area contributed by atoms with Crippen molar-refractivity contribution in [1.29, 1.82) is 0 Å². The molecule has 0 bridgehead atoms. The molecule has 2 rings (SSSR count). The molecule has 4 heteroatoms. The predicted molar refractivity (Wildman–Crippen MR) is 61.9 cm³/mol. The summed E-state index contributed by atoms with van der Waals surface area (Å²) in [6, 6.07) is 0. The van der Waals surface area contributed by atoms with Gasteiger partial charge in [0, 0.05) is 31.3 Å². The Morgan fingerprint density at radius 1 is 1.50 bits per heavy atom. The van der Waals surface area contributed by atoms with Crippen LogP contribution in [0.1, 0.15) is 37.8 Å². The van der Waals surface area contributed by atoms with E-state index in [4.69, 9.17) is 0 Å². The first-order chi connectivity index (χ1) is 7.84. The Kier molecular flexibility index (Phi) is 3.97. The zero-order chi connectivity index (χ0) is 11.2. The molecule has 0 unspecified atom stereocenters. The standard InChI is InChI=1S/C12H19N3O/c16-12(7-10-3-1-2-4-10)14-6-5-11-8-13-9-15-11/h8-10H,1-7H2,(H,13,15)(H,14,16). The average Bonchev–Trinajstić information content (AvgIpc) is 2.90. The first-order valence-corrected chi connectivity index (χ1v) is 6.08. The maximum absolute atomic E-state index is 11.6. The van der Waals surface area contributed by atoms with Gasteiger partial charge in [0.2, 0.25) is 5.91 Å². The van der Waals surface area contributed by atoms with Crippen LogP contribution < -0.4 is 5.32 Å². The third-order valence-electron chi connectivity index (χ3n) is 3.22. The lowest BCUT2D eigenvalue weighted by Crippen LogP contribution is -2.27. The molecule has 1 aliphatic rings. The van der Waals surface area contributed by atoms with Gasteiger partial charge in [0.1, 0.15) is 0 Å². The molecule has 4 nitrogen and oxygen atoms in total. The molecule has 0 aromatic carbocycles. The summed E-state index contributed by atoms with van der Waals surface area (Å²) in [5.74, 6) is 0.832. The summed E-state index contributed by atoms with van der Waals surface area (Å²) < 4.78 is 0. The van der Waals surface area contributed by atoms with Crippen LogP contribution in [0.25, 0.3) is 0 Å². The fraction of sp³-hybridized carbons (Fsp3) is 0.667. The molecule has 1 amide bonds.